The van der Waals surface area contributed by atoms with Crippen LogP contribution in [0.5, 0.6) is 0 Å². The Labute approximate surface area is 372 Å². The molecule has 2 aliphatic heterocycles. The molecular formula is C53H34Cl2N4O4. The molecule has 8 aromatic carbocycles. The Morgan fingerprint density at radius 3 is 1.29 bits per heavy atom. The van der Waals surface area contributed by atoms with E-state index >= 15 is 0 Å². The second-order valence-corrected chi connectivity index (χ2v) is 16.4. The van der Waals surface area contributed by atoms with Crippen molar-refractivity contribution in [3.8, 4) is 44.5 Å². The van der Waals surface area contributed by atoms with E-state index in [0.29, 0.717) is 67.0 Å². The van der Waals surface area contributed by atoms with Crippen LogP contribution < -0.4 is 21.3 Å². The van der Waals surface area contributed by atoms with E-state index in [0.717, 1.165) is 50.1 Å². The molecule has 0 saturated carbocycles. The van der Waals surface area contributed by atoms with Crippen LogP contribution in [-0.4, -0.2) is 23.6 Å². The van der Waals surface area contributed by atoms with Crippen LogP contribution in [0.25, 0.3) is 44.5 Å². The Hall–Kier alpha value is -7.78. The summed E-state index contributed by atoms with van der Waals surface area (Å²) in [5.74, 6) is -1.70. The zero-order valence-corrected chi connectivity index (χ0v) is 34.8. The van der Waals surface area contributed by atoms with Crippen molar-refractivity contribution < 1.29 is 19.2 Å². The number of nitrogens with zero attached hydrogens (tertiary/aromatic N) is 2. The minimum atomic E-state index is -0.439. The number of anilines is 4. The van der Waals surface area contributed by atoms with Crippen molar-refractivity contribution in [2.24, 2.45) is 0 Å². The zero-order valence-electron chi connectivity index (χ0n) is 33.3. The molecule has 2 aliphatic rings. The molecule has 0 spiro atoms. The summed E-state index contributed by atoms with van der Waals surface area (Å²) in [6.45, 7) is 0. The summed E-state index contributed by atoms with van der Waals surface area (Å²) < 4.78 is 0. The number of rotatable bonds is 8. The summed E-state index contributed by atoms with van der Waals surface area (Å²) in [5.41, 5.74) is 23.2. The fourth-order valence-corrected chi connectivity index (χ4v) is 8.60. The molecule has 0 radical (unpaired) electrons. The SMILES string of the molecule is Nc1ccc(-c2ccc3c(c2)C(=O)N(c2ccc(-c4cc(Cc5ccc(Cl)cc5)c(N5C(=O)c6ccc(-c7ccc(N)cc7)cc6C5=O)cc4-c4ccc(Cl)cc4)cc2)C3=O)cc1. The maximum absolute atomic E-state index is 14.5. The Morgan fingerprint density at radius 1 is 0.365 bits per heavy atom. The number of hydrogen-bond acceptors (Lipinski definition) is 6. The lowest BCUT2D eigenvalue weighted by atomic mass is 9.89. The van der Waals surface area contributed by atoms with Crippen LogP contribution in [0.3, 0.4) is 0 Å². The molecule has 10 heteroatoms. The van der Waals surface area contributed by atoms with Gasteiger partial charge in [0.25, 0.3) is 23.6 Å². The highest BCUT2D eigenvalue weighted by atomic mass is 35.5. The first-order valence-corrected chi connectivity index (χ1v) is 20.8. The molecule has 4 N–H and O–H groups in total. The van der Waals surface area contributed by atoms with E-state index in [1.165, 1.54) is 9.80 Å². The van der Waals surface area contributed by atoms with E-state index < -0.39 is 23.6 Å². The van der Waals surface area contributed by atoms with E-state index in [9.17, 15) is 19.2 Å². The second-order valence-electron chi connectivity index (χ2n) is 15.5. The van der Waals surface area contributed by atoms with Gasteiger partial charge in [0.05, 0.1) is 33.6 Å². The smallest absolute Gasteiger partial charge is 0.266 e. The van der Waals surface area contributed by atoms with Gasteiger partial charge >= 0.3 is 0 Å². The van der Waals surface area contributed by atoms with E-state index in [1.54, 1.807) is 84.9 Å². The molecule has 0 bridgehead atoms. The molecule has 8 nitrogen and oxygen atoms in total. The van der Waals surface area contributed by atoms with Crippen molar-refractivity contribution in [1.82, 2.24) is 0 Å². The molecule has 8 aromatic rings. The van der Waals surface area contributed by atoms with Crippen LogP contribution in [-0.2, 0) is 6.42 Å². The van der Waals surface area contributed by atoms with E-state index in [-0.39, 0.29) is 0 Å². The molecular weight excluding hydrogens is 828 g/mol. The third-order valence-corrected chi connectivity index (χ3v) is 12.1. The number of carbonyl (C=O) groups is 4. The lowest BCUT2D eigenvalue weighted by Crippen LogP contribution is -2.30. The van der Waals surface area contributed by atoms with Gasteiger partial charge < -0.3 is 11.5 Å². The summed E-state index contributed by atoms with van der Waals surface area (Å²) >= 11 is 12.7. The first-order chi connectivity index (χ1) is 30.5. The second kappa shape index (κ2) is 15.6. The van der Waals surface area contributed by atoms with Gasteiger partial charge in [-0.2, -0.15) is 0 Å². The largest absolute Gasteiger partial charge is 0.399 e. The average Bonchev–Trinajstić information content (AvgIpc) is 3.70. The van der Waals surface area contributed by atoms with Gasteiger partial charge in [0.2, 0.25) is 0 Å². The average molecular weight is 862 g/mol. The van der Waals surface area contributed by atoms with Crippen molar-refractivity contribution in [2.75, 3.05) is 21.3 Å². The van der Waals surface area contributed by atoms with Gasteiger partial charge in [0.1, 0.15) is 0 Å². The van der Waals surface area contributed by atoms with Gasteiger partial charge in [-0.3, -0.25) is 19.2 Å². The third-order valence-electron chi connectivity index (χ3n) is 11.6. The van der Waals surface area contributed by atoms with Crippen molar-refractivity contribution in [3.63, 3.8) is 0 Å². The third kappa shape index (κ3) is 7.11. The van der Waals surface area contributed by atoms with Crippen molar-refractivity contribution in [2.45, 2.75) is 6.42 Å². The number of hydrogen-bond donors (Lipinski definition) is 2. The van der Waals surface area contributed by atoms with Crippen LogP contribution in [0.1, 0.15) is 52.6 Å². The number of carbonyl (C=O) groups excluding carboxylic acids is 4. The number of fused-ring (bicyclic) bond motifs is 2. The van der Waals surface area contributed by atoms with Gasteiger partial charge in [-0.05, 0) is 159 Å². The number of amides is 4. The highest BCUT2D eigenvalue weighted by molar-refractivity contribution is 6.36. The van der Waals surface area contributed by atoms with E-state index in [2.05, 4.69) is 0 Å². The zero-order chi connectivity index (χ0) is 43.5. The highest BCUT2D eigenvalue weighted by Crippen LogP contribution is 2.43. The molecule has 0 saturated heterocycles. The van der Waals surface area contributed by atoms with E-state index in [1.807, 2.05) is 84.9 Å². The van der Waals surface area contributed by atoms with Crippen molar-refractivity contribution in [3.05, 3.63) is 213 Å². The number of nitrogens with two attached hydrogens (primary N) is 2. The predicted octanol–water partition coefficient (Wildman–Crippen LogP) is 12.0. The number of imide groups is 2. The summed E-state index contributed by atoms with van der Waals surface area (Å²) in [6, 6.07) is 51.1. The molecule has 0 aliphatic carbocycles. The van der Waals surface area contributed by atoms with Crippen LogP contribution in [0.15, 0.2) is 170 Å². The van der Waals surface area contributed by atoms with Gasteiger partial charge in [-0.25, -0.2) is 9.80 Å². The summed E-state index contributed by atoms with van der Waals surface area (Å²) in [5, 5.41) is 1.12. The fraction of sp³-hybridized carbons (Fsp3) is 0.0189. The first-order valence-electron chi connectivity index (χ1n) is 20.1. The Kier molecular flexibility index (Phi) is 9.75. The lowest BCUT2D eigenvalue weighted by Gasteiger charge is -2.23. The van der Waals surface area contributed by atoms with Gasteiger partial charge in [0.15, 0.2) is 0 Å². The molecule has 10 rings (SSSR count). The summed E-state index contributed by atoms with van der Waals surface area (Å²) in [7, 11) is 0. The molecule has 4 amide bonds. The monoisotopic (exact) mass is 860 g/mol. The maximum atomic E-state index is 14.5. The summed E-state index contributed by atoms with van der Waals surface area (Å²) in [6.07, 6.45) is 0.357. The van der Waals surface area contributed by atoms with Crippen molar-refractivity contribution in [1.29, 1.82) is 0 Å². The normalized spacial score (nSPS) is 13.2. The Morgan fingerprint density at radius 2 is 0.762 bits per heavy atom. The first kappa shape index (κ1) is 39.4. The number of benzene rings is 8. The molecule has 304 valence electrons. The van der Waals surface area contributed by atoms with Crippen LogP contribution in [0, 0.1) is 0 Å². The van der Waals surface area contributed by atoms with Crippen LogP contribution in [0.4, 0.5) is 22.7 Å². The molecule has 2 heterocycles. The highest BCUT2D eigenvalue weighted by Gasteiger charge is 2.39. The van der Waals surface area contributed by atoms with Crippen molar-refractivity contribution >= 4 is 69.6 Å². The Balaban J connectivity index is 1.06. The topological polar surface area (TPSA) is 127 Å². The number of nitrogen functional groups attached to an aromatic ring is 2. The fourth-order valence-electron chi connectivity index (χ4n) is 8.35. The minimum Gasteiger partial charge on any atom is -0.399 e. The molecule has 0 unspecified atom stereocenters. The van der Waals surface area contributed by atoms with Gasteiger partial charge in [0, 0.05) is 21.4 Å². The minimum absolute atomic E-state index is 0.300. The predicted molar refractivity (Wildman–Crippen MR) is 251 cm³/mol. The molecule has 0 aromatic heterocycles. The molecule has 63 heavy (non-hydrogen) atoms. The lowest BCUT2D eigenvalue weighted by molar-refractivity contribution is 0.0910. The quantitative estimate of drug-likeness (QED) is 0.116. The maximum Gasteiger partial charge on any atom is 0.266 e. The van der Waals surface area contributed by atoms with Gasteiger partial charge in [-0.15, -0.1) is 0 Å². The van der Waals surface area contributed by atoms with E-state index in [4.69, 9.17) is 34.7 Å². The molecule has 0 atom stereocenters. The summed E-state index contributed by atoms with van der Waals surface area (Å²) in [4.78, 5) is 59.0. The number of halogens is 2. The Bertz CT molecular complexity index is 3190. The van der Waals surface area contributed by atoms with Crippen LogP contribution >= 0.6 is 23.2 Å². The van der Waals surface area contributed by atoms with Crippen LogP contribution in [0.2, 0.25) is 10.0 Å². The van der Waals surface area contributed by atoms with Gasteiger partial charge in [-0.1, -0.05) is 96.0 Å². The standard InChI is InChI=1S/C53H34Cl2N4O4/c54-38-13-1-30(2-14-38)25-37-28-45(34-9-21-42(22-10-34)58-50(60)43-23-11-35(26-47(43)52(58)62)31-5-17-40(56)18-6-31)46(33-3-15-39(55)16-4-33)29-49(37)59-51(61)44-24-12-36(27-48(44)53(59)63)32-7-19-41(57)20-8-32/h1-24,26-29H,25,56-57H2. The molecule has 0 fully saturated rings.